The summed E-state index contributed by atoms with van der Waals surface area (Å²) in [7, 11) is 0. The van der Waals surface area contributed by atoms with Gasteiger partial charge >= 0.3 is 69.5 Å². The van der Waals surface area contributed by atoms with Gasteiger partial charge in [0.05, 0.1) is 0 Å². The topological polar surface area (TPSA) is 0 Å². The van der Waals surface area contributed by atoms with E-state index in [1.807, 2.05) is 11.8 Å². The Balaban J connectivity index is 0. The molecule has 4 heteroatoms. The summed E-state index contributed by atoms with van der Waals surface area (Å²) in [5.41, 5.74) is 0. The zero-order chi connectivity index (χ0) is 12.5. The third-order valence-corrected chi connectivity index (χ3v) is 7.82. The van der Waals surface area contributed by atoms with Crippen LogP contribution in [0.2, 0.25) is 8.87 Å². The first kappa shape index (κ1) is 20.2. The van der Waals surface area contributed by atoms with E-state index in [-0.39, 0.29) is 21.1 Å². The molecule has 0 atom stereocenters. The van der Waals surface area contributed by atoms with Crippen molar-refractivity contribution in [1.29, 1.82) is 0 Å². The first-order chi connectivity index (χ1) is 7.83. The molecule has 0 N–H and O–H groups in total. The maximum Gasteiger partial charge on any atom is -0.0287 e. The standard InChI is InChI=1S/C4H10S3.2C4H9.Sn/c5-1-3-7-4-2-6;2*1-3-4-2;/h5-6H,1-4H2;2*1,3-4H2,2H3;/q;;;+2/p-2. The van der Waals surface area contributed by atoms with Gasteiger partial charge in [0.15, 0.2) is 0 Å². The first-order valence-electron chi connectivity index (χ1n) is 6.28. The Morgan fingerprint density at radius 2 is 1.31 bits per heavy atom. The Morgan fingerprint density at radius 1 is 0.875 bits per heavy atom. The van der Waals surface area contributed by atoms with Crippen molar-refractivity contribution in [2.24, 2.45) is 0 Å². The van der Waals surface area contributed by atoms with Gasteiger partial charge in [-0.2, -0.15) is 23.3 Å². The van der Waals surface area contributed by atoms with Crippen molar-refractivity contribution in [3.05, 3.63) is 0 Å². The van der Waals surface area contributed by atoms with Crippen molar-refractivity contribution >= 4 is 58.2 Å². The van der Waals surface area contributed by atoms with Crippen LogP contribution in [0.1, 0.15) is 39.5 Å². The van der Waals surface area contributed by atoms with Crippen LogP contribution >= 0.6 is 11.8 Å². The summed E-state index contributed by atoms with van der Waals surface area (Å²) in [6.45, 7) is 4.58. The molecule has 96 valence electrons. The Morgan fingerprint density at radius 3 is 1.62 bits per heavy atom. The predicted octanol–water partition coefficient (Wildman–Crippen LogP) is 3.94. The van der Waals surface area contributed by atoms with Crippen LogP contribution in [-0.4, -0.2) is 44.2 Å². The van der Waals surface area contributed by atoms with E-state index >= 15 is 0 Å². The monoisotopic (exact) mass is 386 g/mol. The molecule has 16 heavy (non-hydrogen) atoms. The molecule has 0 aliphatic carbocycles. The van der Waals surface area contributed by atoms with Gasteiger partial charge in [0.25, 0.3) is 0 Å². The van der Waals surface area contributed by atoms with Gasteiger partial charge in [0.2, 0.25) is 0 Å². The maximum atomic E-state index is 4.71. The van der Waals surface area contributed by atoms with E-state index in [9.17, 15) is 0 Å². The van der Waals surface area contributed by atoms with Gasteiger partial charge in [-0.1, -0.05) is 0 Å². The van der Waals surface area contributed by atoms with Gasteiger partial charge in [-0.25, -0.2) is 0 Å². The smallest absolute Gasteiger partial charge is 0.0287 e. The van der Waals surface area contributed by atoms with Crippen LogP contribution in [0.3, 0.4) is 0 Å². The number of thioether (sulfide) groups is 1. The van der Waals surface area contributed by atoms with E-state index < -0.39 is 0 Å². The second-order valence-electron chi connectivity index (χ2n) is 3.48. The molecule has 0 aliphatic heterocycles. The molecular weight excluding hydrogens is 359 g/mol. The van der Waals surface area contributed by atoms with Crippen molar-refractivity contribution in [2.45, 2.75) is 48.4 Å². The van der Waals surface area contributed by atoms with Gasteiger partial charge < -0.3 is 25.3 Å². The summed E-state index contributed by atoms with van der Waals surface area (Å²) in [6, 6.07) is 0. The van der Waals surface area contributed by atoms with Gasteiger partial charge in [-0.05, 0) is 11.5 Å². The molecule has 0 aromatic heterocycles. The van der Waals surface area contributed by atoms with E-state index in [2.05, 4.69) is 13.8 Å². The van der Waals surface area contributed by atoms with E-state index in [1.165, 1.54) is 25.7 Å². The van der Waals surface area contributed by atoms with Crippen molar-refractivity contribution in [3.8, 4) is 0 Å². The number of rotatable bonds is 10. The largest absolute Gasteiger partial charge is 0.792 e. The third kappa shape index (κ3) is 24.9. The molecule has 0 radical (unpaired) electrons. The first-order valence-corrected chi connectivity index (χ1v) is 12.6. The number of hydrogen-bond donors (Lipinski definition) is 0. The molecule has 0 spiro atoms. The van der Waals surface area contributed by atoms with Crippen LogP contribution in [0.4, 0.5) is 0 Å². The fourth-order valence-electron chi connectivity index (χ4n) is 0.948. The molecule has 0 rings (SSSR count). The molecule has 0 aromatic rings. The van der Waals surface area contributed by atoms with Crippen LogP contribution in [0.25, 0.3) is 0 Å². The van der Waals surface area contributed by atoms with Gasteiger partial charge in [-0.3, -0.25) is 0 Å². The Bertz CT molecular complexity index is 92.3. The quantitative estimate of drug-likeness (QED) is 0.318. The summed E-state index contributed by atoms with van der Waals surface area (Å²) >= 11 is 11.4. The predicted molar refractivity (Wildman–Crippen MR) is 87.0 cm³/mol. The summed E-state index contributed by atoms with van der Waals surface area (Å²) in [6.07, 6.45) is 5.84. The number of unbranched alkanes of at least 4 members (excludes halogenated alkanes) is 2. The molecule has 0 aromatic carbocycles. The second kappa shape index (κ2) is 22.1. The van der Waals surface area contributed by atoms with Crippen molar-refractivity contribution in [2.75, 3.05) is 23.0 Å². The minimum absolute atomic E-state index is 0.149. The van der Waals surface area contributed by atoms with Gasteiger partial charge in [-0.15, -0.1) is 0 Å². The molecule has 0 amide bonds. The Kier molecular flexibility index (Phi) is 27.8. The molecule has 0 nitrogen and oxygen atoms in total. The van der Waals surface area contributed by atoms with E-state index in [1.54, 1.807) is 8.87 Å². The normalized spacial score (nSPS) is 9.25. The fourth-order valence-corrected chi connectivity index (χ4v) is 6.25. The van der Waals surface area contributed by atoms with Crippen LogP contribution in [0.5, 0.6) is 0 Å². The molecule has 0 heterocycles. The fraction of sp³-hybridized carbons (Fsp3) is 1.00. The van der Waals surface area contributed by atoms with Crippen molar-refractivity contribution in [1.82, 2.24) is 0 Å². The zero-order valence-corrected chi connectivity index (χ0v) is 16.1. The van der Waals surface area contributed by atoms with Crippen LogP contribution in [-0.2, 0) is 25.3 Å². The Hall–Kier alpha value is 1.85. The SMILES string of the molecule is CCC[CH2][Sn+2][CH2]CCC.[S-]CCSCC[S-]. The van der Waals surface area contributed by atoms with Gasteiger partial charge in [0, 0.05) is 0 Å². The minimum atomic E-state index is 0.149. The summed E-state index contributed by atoms with van der Waals surface area (Å²) in [5, 5.41) is 0. The van der Waals surface area contributed by atoms with E-state index in [0.717, 1.165) is 23.0 Å². The van der Waals surface area contributed by atoms with Crippen LogP contribution in [0, 0.1) is 0 Å². The van der Waals surface area contributed by atoms with Crippen molar-refractivity contribution in [3.63, 3.8) is 0 Å². The number of hydrogen-bond acceptors (Lipinski definition) is 3. The summed E-state index contributed by atoms with van der Waals surface area (Å²) in [4.78, 5) is 0. The molecule has 0 saturated heterocycles. The average Bonchev–Trinajstić information content (AvgIpc) is 2.31. The molecule has 0 saturated carbocycles. The summed E-state index contributed by atoms with van der Waals surface area (Å²) in [5.74, 6) is 3.90. The Labute approximate surface area is 129 Å². The van der Waals surface area contributed by atoms with E-state index in [4.69, 9.17) is 25.3 Å². The van der Waals surface area contributed by atoms with Gasteiger partial charge in [0.1, 0.15) is 0 Å². The molecular formula is C12H26S3Sn. The average molecular weight is 385 g/mol. The zero-order valence-electron chi connectivity index (χ0n) is 10.8. The van der Waals surface area contributed by atoms with Crippen molar-refractivity contribution < 1.29 is 0 Å². The molecule has 0 aliphatic rings. The second-order valence-corrected chi connectivity index (χ2v) is 9.80. The minimum Gasteiger partial charge on any atom is -0.792 e. The van der Waals surface area contributed by atoms with E-state index in [0.29, 0.717) is 0 Å². The van der Waals surface area contributed by atoms with Crippen LogP contribution in [0.15, 0.2) is 0 Å². The third-order valence-electron chi connectivity index (χ3n) is 1.87. The molecule has 0 bridgehead atoms. The maximum absolute atomic E-state index is 4.71. The molecule has 0 fully saturated rings. The summed E-state index contributed by atoms with van der Waals surface area (Å²) < 4.78 is 3.25. The molecule has 0 unspecified atom stereocenters. The van der Waals surface area contributed by atoms with Crippen LogP contribution < -0.4 is 0 Å².